The molecule has 2 aromatic carbocycles. The Hall–Kier alpha value is -2.32. The summed E-state index contributed by atoms with van der Waals surface area (Å²) in [6, 6.07) is 14.1. The van der Waals surface area contributed by atoms with Crippen molar-refractivity contribution in [1.82, 2.24) is 0 Å². The van der Waals surface area contributed by atoms with E-state index in [1.807, 2.05) is 12.1 Å². The molecule has 0 saturated heterocycles. The van der Waals surface area contributed by atoms with Gasteiger partial charge >= 0.3 is 0 Å². The normalized spacial score (nSPS) is 10.2. The second-order valence-electron chi connectivity index (χ2n) is 5.08. The van der Waals surface area contributed by atoms with Crippen LogP contribution in [0.15, 0.2) is 30.3 Å². The molecule has 0 aliphatic carbocycles. The van der Waals surface area contributed by atoms with E-state index in [9.17, 15) is 5.26 Å². The third-order valence-electron chi connectivity index (χ3n) is 3.64. The molecular weight excluding hydrogens is 244 g/mol. The summed E-state index contributed by atoms with van der Waals surface area (Å²) in [4.78, 5) is 0. The fourth-order valence-electron chi connectivity index (χ4n) is 2.49. The van der Waals surface area contributed by atoms with Gasteiger partial charge in [0.1, 0.15) is 12.1 Å². The molecule has 0 fully saturated rings. The maximum Gasteiger partial charge on any atom is 0.101 e. The van der Waals surface area contributed by atoms with Crippen LogP contribution >= 0.6 is 0 Å². The van der Waals surface area contributed by atoms with Gasteiger partial charge in [0.2, 0.25) is 0 Å². The van der Waals surface area contributed by atoms with Crippen molar-refractivity contribution in [2.24, 2.45) is 0 Å². The number of fused-ring (bicyclic) bond motifs is 1. The van der Waals surface area contributed by atoms with Crippen LogP contribution in [0, 0.1) is 22.7 Å². The van der Waals surface area contributed by atoms with Crippen molar-refractivity contribution in [1.29, 1.82) is 10.5 Å². The van der Waals surface area contributed by atoms with Crippen LogP contribution in [0.4, 0.5) is 0 Å². The van der Waals surface area contributed by atoms with Crippen LogP contribution in [-0.2, 0) is 6.42 Å². The summed E-state index contributed by atoms with van der Waals surface area (Å²) in [5.41, 5.74) is 2.21. The lowest BCUT2D eigenvalue weighted by molar-refractivity contribution is 0.667. The number of benzene rings is 2. The van der Waals surface area contributed by atoms with E-state index in [1.54, 1.807) is 6.07 Å². The molecule has 0 heterocycles. The smallest absolute Gasteiger partial charge is 0.101 e. The summed E-state index contributed by atoms with van der Waals surface area (Å²) in [6.45, 7) is 2.21. The Balaban J connectivity index is 2.33. The molecule has 0 amide bonds. The first-order valence-corrected chi connectivity index (χ1v) is 7.16. The molecule has 0 atom stereocenters. The van der Waals surface area contributed by atoms with E-state index < -0.39 is 0 Å². The van der Waals surface area contributed by atoms with Gasteiger partial charge < -0.3 is 0 Å². The summed E-state index contributed by atoms with van der Waals surface area (Å²) >= 11 is 0. The van der Waals surface area contributed by atoms with Gasteiger partial charge in [-0.05, 0) is 35.9 Å². The minimum Gasteiger partial charge on any atom is -0.192 e. The maximum atomic E-state index is 9.28. The van der Waals surface area contributed by atoms with Crippen molar-refractivity contribution in [3.8, 4) is 12.1 Å². The lowest BCUT2D eigenvalue weighted by Gasteiger charge is -2.06. The van der Waals surface area contributed by atoms with Gasteiger partial charge in [0.25, 0.3) is 0 Å². The van der Waals surface area contributed by atoms with Crippen LogP contribution in [0.25, 0.3) is 10.8 Å². The minimum absolute atomic E-state index is 0.461. The van der Waals surface area contributed by atoms with Crippen molar-refractivity contribution in [2.45, 2.75) is 39.0 Å². The number of hydrogen-bond donors (Lipinski definition) is 0. The van der Waals surface area contributed by atoms with E-state index >= 15 is 0 Å². The number of nitriles is 2. The van der Waals surface area contributed by atoms with Gasteiger partial charge in [-0.15, -0.1) is 0 Å². The van der Waals surface area contributed by atoms with Crippen LogP contribution in [0.2, 0.25) is 0 Å². The van der Waals surface area contributed by atoms with Gasteiger partial charge in [-0.1, -0.05) is 44.4 Å². The molecule has 0 aliphatic heterocycles. The molecule has 20 heavy (non-hydrogen) atoms. The van der Waals surface area contributed by atoms with E-state index in [2.05, 4.69) is 31.2 Å². The van der Waals surface area contributed by atoms with Gasteiger partial charge in [0.05, 0.1) is 11.1 Å². The number of aryl methyl sites for hydroxylation is 1. The van der Waals surface area contributed by atoms with E-state index in [4.69, 9.17) is 5.26 Å². The molecule has 0 N–H and O–H groups in total. The molecule has 2 aromatic rings. The lowest BCUT2D eigenvalue weighted by atomic mass is 9.96. The number of unbranched alkanes of at least 4 members (excludes halogenated alkanes) is 3. The van der Waals surface area contributed by atoms with E-state index in [0.29, 0.717) is 11.1 Å². The Bertz CT molecular complexity index is 687. The van der Waals surface area contributed by atoms with E-state index in [1.165, 1.54) is 31.2 Å². The predicted octanol–water partition coefficient (Wildman–Crippen LogP) is 4.71. The molecule has 0 saturated carbocycles. The molecule has 100 valence electrons. The molecule has 2 nitrogen and oxygen atoms in total. The first-order valence-electron chi connectivity index (χ1n) is 7.16. The summed E-state index contributed by atoms with van der Waals surface area (Å²) in [7, 11) is 0. The molecule has 2 rings (SSSR count). The van der Waals surface area contributed by atoms with Crippen LogP contribution in [-0.4, -0.2) is 0 Å². The lowest BCUT2D eigenvalue weighted by Crippen LogP contribution is -1.90. The minimum atomic E-state index is 0.461. The Kier molecular flexibility index (Phi) is 4.75. The third-order valence-corrected chi connectivity index (χ3v) is 3.64. The molecular formula is C18H18N2. The molecule has 0 unspecified atom stereocenters. The highest BCUT2D eigenvalue weighted by molar-refractivity contribution is 5.90. The predicted molar refractivity (Wildman–Crippen MR) is 81.2 cm³/mol. The van der Waals surface area contributed by atoms with Crippen LogP contribution in [0.1, 0.15) is 49.3 Å². The number of hydrogen-bond acceptors (Lipinski definition) is 2. The van der Waals surface area contributed by atoms with Crippen LogP contribution in [0.3, 0.4) is 0 Å². The fraction of sp³-hybridized carbons (Fsp3) is 0.333. The highest BCUT2D eigenvalue weighted by Gasteiger charge is 2.07. The fourth-order valence-corrected chi connectivity index (χ4v) is 2.49. The van der Waals surface area contributed by atoms with E-state index in [-0.39, 0.29) is 0 Å². The highest BCUT2D eigenvalue weighted by Crippen LogP contribution is 2.24. The second kappa shape index (κ2) is 6.73. The van der Waals surface area contributed by atoms with Crippen molar-refractivity contribution in [3.63, 3.8) is 0 Å². The summed E-state index contributed by atoms with van der Waals surface area (Å²) in [5, 5.41) is 20.3. The summed E-state index contributed by atoms with van der Waals surface area (Å²) in [5.74, 6) is 0. The maximum absolute atomic E-state index is 9.28. The average Bonchev–Trinajstić information content (AvgIpc) is 2.50. The molecule has 2 heteroatoms. The average molecular weight is 262 g/mol. The van der Waals surface area contributed by atoms with Crippen LogP contribution < -0.4 is 0 Å². The van der Waals surface area contributed by atoms with Gasteiger partial charge in [-0.3, -0.25) is 0 Å². The standard InChI is InChI=1S/C18H18N2/c1-2-3-4-5-6-14-7-8-15-9-10-16(12-19)18(13-20)17(15)11-14/h7-11H,2-6H2,1H3. The zero-order valence-electron chi connectivity index (χ0n) is 11.8. The Morgan fingerprint density at radius 1 is 0.950 bits per heavy atom. The molecule has 0 radical (unpaired) electrons. The molecule has 0 aromatic heterocycles. The first kappa shape index (κ1) is 14.1. The van der Waals surface area contributed by atoms with E-state index in [0.717, 1.165) is 17.2 Å². The van der Waals surface area contributed by atoms with Crippen molar-refractivity contribution >= 4 is 10.8 Å². The molecule has 0 spiro atoms. The van der Waals surface area contributed by atoms with Gasteiger partial charge in [-0.2, -0.15) is 10.5 Å². The van der Waals surface area contributed by atoms with Gasteiger partial charge in [0, 0.05) is 5.39 Å². The Morgan fingerprint density at radius 2 is 1.75 bits per heavy atom. The second-order valence-corrected chi connectivity index (χ2v) is 5.08. The Morgan fingerprint density at radius 3 is 2.45 bits per heavy atom. The zero-order valence-corrected chi connectivity index (χ0v) is 11.8. The zero-order chi connectivity index (χ0) is 14.4. The number of rotatable bonds is 5. The quantitative estimate of drug-likeness (QED) is 0.733. The first-order chi connectivity index (χ1) is 9.80. The Labute approximate surface area is 120 Å². The topological polar surface area (TPSA) is 47.6 Å². The van der Waals surface area contributed by atoms with Crippen molar-refractivity contribution < 1.29 is 0 Å². The molecule has 0 aliphatic rings. The van der Waals surface area contributed by atoms with Crippen molar-refractivity contribution in [3.05, 3.63) is 47.0 Å². The van der Waals surface area contributed by atoms with Gasteiger partial charge in [-0.25, -0.2) is 0 Å². The number of nitrogens with zero attached hydrogens (tertiary/aromatic N) is 2. The third kappa shape index (κ3) is 2.98. The summed E-state index contributed by atoms with van der Waals surface area (Å²) in [6.07, 6.45) is 5.98. The van der Waals surface area contributed by atoms with Crippen LogP contribution in [0.5, 0.6) is 0 Å². The van der Waals surface area contributed by atoms with Crippen molar-refractivity contribution in [2.75, 3.05) is 0 Å². The summed E-state index contributed by atoms with van der Waals surface area (Å²) < 4.78 is 0. The largest absolute Gasteiger partial charge is 0.192 e. The van der Waals surface area contributed by atoms with Gasteiger partial charge in [0.15, 0.2) is 0 Å². The molecule has 0 bridgehead atoms. The SMILES string of the molecule is CCCCCCc1ccc2ccc(C#N)c(C#N)c2c1. The monoisotopic (exact) mass is 262 g/mol. The highest BCUT2D eigenvalue weighted by atomic mass is 14.3.